The van der Waals surface area contributed by atoms with Crippen molar-refractivity contribution in [3.63, 3.8) is 0 Å². The highest BCUT2D eigenvalue weighted by molar-refractivity contribution is 5.83. The van der Waals surface area contributed by atoms with E-state index >= 15 is 0 Å². The van der Waals surface area contributed by atoms with Crippen molar-refractivity contribution in [3.05, 3.63) is 29.8 Å². The highest BCUT2D eigenvalue weighted by Crippen LogP contribution is 2.23. The molecule has 0 fully saturated rings. The van der Waals surface area contributed by atoms with Crippen molar-refractivity contribution in [2.24, 2.45) is 0 Å². The molecule has 2 heterocycles. The summed E-state index contributed by atoms with van der Waals surface area (Å²) in [7, 11) is 0. The molecule has 7 nitrogen and oxygen atoms in total. The van der Waals surface area contributed by atoms with Crippen LogP contribution >= 0.6 is 0 Å². The third-order valence-electron chi connectivity index (χ3n) is 2.49. The lowest BCUT2D eigenvalue weighted by Crippen LogP contribution is -2.11. The monoisotopic (exact) mass is 261 g/mol. The van der Waals surface area contributed by atoms with E-state index in [0.717, 1.165) is 5.69 Å². The van der Waals surface area contributed by atoms with E-state index in [-0.39, 0.29) is 11.2 Å². The first-order chi connectivity index (χ1) is 8.86. The maximum absolute atomic E-state index is 10.8. The summed E-state index contributed by atoms with van der Waals surface area (Å²) in [5.41, 5.74) is 0.938. The molecule has 3 N–H and O–H groups in total. The number of carbonyl (C=O) groups is 1. The summed E-state index contributed by atoms with van der Waals surface area (Å²) >= 11 is 0. The minimum atomic E-state index is -1.17. The van der Waals surface area contributed by atoms with Gasteiger partial charge in [-0.05, 0) is 6.07 Å². The zero-order valence-electron chi connectivity index (χ0n) is 10.9. The number of aromatic nitrogens is 4. The van der Waals surface area contributed by atoms with E-state index in [2.05, 4.69) is 46.3 Å². The molecule has 0 bridgehead atoms. The normalized spacial score (nSPS) is 11.3. The summed E-state index contributed by atoms with van der Waals surface area (Å²) in [6.45, 7) is 6.20. The van der Waals surface area contributed by atoms with Gasteiger partial charge >= 0.3 is 5.97 Å². The smallest absolute Gasteiger partial charge is 0.374 e. The lowest BCUT2D eigenvalue weighted by Gasteiger charge is -2.14. The van der Waals surface area contributed by atoms with Crippen LogP contribution in [0.5, 0.6) is 0 Å². The van der Waals surface area contributed by atoms with Crippen LogP contribution in [0.4, 0.5) is 11.6 Å². The van der Waals surface area contributed by atoms with E-state index in [1.54, 1.807) is 6.07 Å². The van der Waals surface area contributed by atoms with E-state index < -0.39 is 5.97 Å². The Morgan fingerprint density at radius 1 is 1.37 bits per heavy atom. The van der Waals surface area contributed by atoms with Crippen molar-refractivity contribution < 1.29 is 9.90 Å². The van der Waals surface area contributed by atoms with Gasteiger partial charge in [0.25, 0.3) is 0 Å². The number of carboxylic acids is 1. The maximum Gasteiger partial charge on any atom is 0.374 e. The molecule has 100 valence electrons. The van der Waals surface area contributed by atoms with Crippen LogP contribution in [-0.4, -0.2) is 31.2 Å². The third kappa shape index (κ3) is 3.06. The second-order valence-corrected chi connectivity index (χ2v) is 5.11. The van der Waals surface area contributed by atoms with Crippen molar-refractivity contribution in [1.29, 1.82) is 0 Å². The van der Waals surface area contributed by atoms with Crippen LogP contribution in [0.2, 0.25) is 0 Å². The Morgan fingerprint density at radius 3 is 2.68 bits per heavy atom. The average molecular weight is 261 g/mol. The van der Waals surface area contributed by atoms with E-state index in [1.165, 1.54) is 6.20 Å². The molecule has 0 aliphatic rings. The molecular formula is C12H15N5O2. The van der Waals surface area contributed by atoms with Gasteiger partial charge < -0.3 is 10.4 Å². The topological polar surface area (TPSA) is 104 Å². The molecule has 7 heteroatoms. The van der Waals surface area contributed by atoms with Gasteiger partial charge in [0, 0.05) is 23.4 Å². The molecule has 0 aromatic carbocycles. The second kappa shape index (κ2) is 4.68. The number of H-pyrrole nitrogens is 1. The lowest BCUT2D eigenvalue weighted by atomic mass is 9.92. The summed E-state index contributed by atoms with van der Waals surface area (Å²) < 4.78 is 0. The Balaban J connectivity index is 2.19. The fourth-order valence-corrected chi connectivity index (χ4v) is 1.43. The summed E-state index contributed by atoms with van der Waals surface area (Å²) in [6.07, 6.45) is 1.39. The number of hydrogen-bond acceptors (Lipinski definition) is 5. The molecule has 0 unspecified atom stereocenters. The van der Waals surface area contributed by atoms with Gasteiger partial charge in [0.2, 0.25) is 5.82 Å². The Bertz CT molecular complexity index is 600. The molecule has 0 aliphatic heterocycles. The van der Waals surface area contributed by atoms with Gasteiger partial charge in [-0.15, -0.1) is 0 Å². The van der Waals surface area contributed by atoms with Gasteiger partial charge in [-0.1, -0.05) is 20.8 Å². The highest BCUT2D eigenvalue weighted by atomic mass is 16.4. The van der Waals surface area contributed by atoms with Gasteiger partial charge in [-0.2, -0.15) is 5.10 Å². The SMILES string of the molecule is CC(C)(C)c1cc(Nc2ccnc(C(=O)O)n2)n[nH]1. The van der Waals surface area contributed by atoms with Crippen LogP contribution in [-0.2, 0) is 5.41 Å². The standard InChI is InChI=1S/C12H15N5O2/c1-12(2,3)7-6-9(17-16-7)14-8-4-5-13-10(15-8)11(18)19/h4-6H,1-3H3,(H,18,19)(H2,13,14,15,16,17). The first-order valence-electron chi connectivity index (χ1n) is 5.75. The quantitative estimate of drug-likeness (QED) is 0.780. The maximum atomic E-state index is 10.8. The van der Waals surface area contributed by atoms with Crippen molar-refractivity contribution in [2.75, 3.05) is 5.32 Å². The molecule has 0 saturated carbocycles. The first kappa shape index (κ1) is 13.0. The largest absolute Gasteiger partial charge is 0.475 e. The minimum Gasteiger partial charge on any atom is -0.475 e. The van der Waals surface area contributed by atoms with Gasteiger partial charge in [0.05, 0.1) is 0 Å². The number of hydrogen-bond donors (Lipinski definition) is 3. The van der Waals surface area contributed by atoms with E-state index in [0.29, 0.717) is 11.6 Å². The Kier molecular flexibility index (Phi) is 3.20. The zero-order chi connectivity index (χ0) is 14.0. The Labute approximate surface area is 110 Å². The van der Waals surface area contributed by atoms with Crippen LogP contribution in [0.25, 0.3) is 0 Å². The van der Waals surface area contributed by atoms with Crippen LogP contribution in [0, 0.1) is 0 Å². The second-order valence-electron chi connectivity index (χ2n) is 5.11. The molecule has 19 heavy (non-hydrogen) atoms. The minimum absolute atomic E-state index is 0.0369. The number of rotatable bonds is 3. The number of nitrogens with one attached hydrogen (secondary N) is 2. The van der Waals surface area contributed by atoms with Gasteiger partial charge in [0.1, 0.15) is 5.82 Å². The molecule has 0 saturated heterocycles. The van der Waals surface area contributed by atoms with Crippen molar-refractivity contribution >= 4 is 17.6 Å². The van der Waals surface area contributed by atoms with Crippen LogP contribution in [0.15, 0.2) is 18.3 Å². The molecule has 2 rings (SSSR count). The first-order valence-corrected chi connectivity index (χ1v) is 5.75. The van der Waals surface area contributed by atoms with E-state index in [1.807, 2.05) is 6.07 Å². The highest BCUT2D eigenvalue weighted by Gasteiger charge is 2.17. The average Bonchev–Trinajstić information content (AvgIpc) is 2.77. The fraction of sp³-hybridized carbons (Fsp3) is 0.333. The summed E-state index contributed by atoms with van der Waals surface area (Å²) in [4.78, 5) is 18.3. The molecule has 0 spiro atoms. The van der Waals surface area contributed by atoms with Crippen LogP contribution in [0.3, 0.4) is 0 Å². The molecular weight excluding hydrogens is 246 g/mol. The number of anilines is 2. The molecule has 0 aliphatic carbocycles. The predicted octanol–water partition coefficient (Wildman–Crippen LogP) is 1.94. The molecule has 2 aromatic heterocycles. The van der Waals surface area contributed by atoms with E-state index in [9.17, 15) is 4.79 Å². The summed E-state index contributed by atoms with van der Waals surface area (Å²) in [5, 5.41) is 18.8. The molecule has 0 atom stereocenters. The van der Waals surface area contributed by atoms with Crippen molar-refractivity contribution in [2.45, 2.75) is 26.2 Å². The Morgan fingerprint density at radius 2 is 2.11 bits per heavy atom. The van der Waals surface area contributed by atoms with Crippen molar-refractivity contribution in [1.82, 2.24) is 20.2 Å². The van der Waals surface area contributed by atoms with Gasteiger partial charge in [-0.3, -0.25) is 5.10 Å². The number of aromatic amines is 1. The molecule has 2 aromatic rings. The summed E-state index contributed by atoms with van der Waals surface area (Å²) in [5.74, 6) is -0.447. The zero-order valence-corrected chi connectivity index (χ0v) is 10.9. The fourth-order valence-electron chi connectivity index (χ4n) is 1.43. The number of carboxylic acid groups (broad SMARTS) is 1. The molecule has 0 amide bonds. The lowest BCUT2D eigenvalue weighted by molar-refractivity contribution is 0.0683. The summed E-state index contributed by atoms with van der Waals surface area (Å²) in [6, 6.07) is 3.44. The number of nitrogens with zero attached hydrogens (tertiary/aromatic N) is 3. The third-order valence-corrected chi connectivity index (χ3v) is 2.49. The molecule has 0 radical (unpaired) electrons. The van der Waals surface area contributed by atoms with Crippen LogP contribution < -0.4 is 5.32 Å². The predicted molar refractivity (Wildman–Crippen MR) is 69.6 cm³/mol. The van der Waals surface area contributed by atoms with Crippen molar-refractivity contribution in [3.8, 4) is 0 Å². The number of aromatic carboxylic acids is 1. The van der Waals surface area contributed by atoms with Gasteiger partial charge in [0.15, 0.2) is 5.82 Å². The van der Waals surface area contributed by atoms with E-state index in [4.69, 9.17) is 5.11 Å². The van der Waals surface area contributed by atoms with Crippen LogP contribution in [0.1, 0.15) is 37.1 Å². The Hall–Kier alpha value is -2.44. The van der Waals surface area contributed by atoms with Gasteiger partial charge in [-0.25, -0.2) is 14.8 Å².